The van der Waals surface area contributed by atoms with Crippen molar-refractivity contribution in [1.82, 2.24) is 15.8 Å². The van der Waals surface area contributed by atoms with Crippen LogP contribution in [0.4, 0.5) is 0 Å². The molecule has 1 saturated heterocycles. The lowest BCUT2D eigenvalue weighted by Crippen LogP contribution is -2.29. The van der Waals surface area contributed by atoms with Gasteiger partial charge < -0.3 is 20.3 Å². The second-order valence-electron chi connectivity index (χ2n) is 5.82. The van der Waals surface area contributed by atoms with Gasteiger partial charge in [-0.25, -0.2) is 0 Å². The van der Waals surface area contributed by atoms with E-state index in [0.717, 1.165) is 24.1 Å². The molecule has 2 atom stereocenters. The average Bonchev–Trinajstić information content (AvgIpc) is 2.96. The van der Waals surface area contributed by atoms with Crippen molar-refractivity contribution in [1.29, 1.82) is 0 Å². The number of aliphatic hydroxyl groups is 1. The summed E-state index contributed by atoms with van der Waals surface area (Å²) >= 11 is 0. The van der Waals surface area contributed by atoms with Crippen molar-refractivity contribution in [3.05, 3.63) is 17.5 Å². The Bertz CT molecular complexity index is 470. The second-order valence-corrected chi connectivity index (χ2v) is 5.82. The van der Waals surface area contributed by atoms with E-state index in [4.69, 9.17) is 4.52 Å². The lowest BCUT2D eigenvalue weighted by molar-refractivity contribution is -0.122. The molecule has 0 radical (unpaired) electrons. The Morgan fingerprint density at radius 3 is 3.00 bits per heavy atom. The van der Waals surface area contributed by atoms with Crippen LogP contribution in [0.15, 0.2) is 10.8 Å². The highest BCUT2D eigenvalue weighted by Crippen LogP contribution is 2.37. The Labute approximate surface area is 117 Å². The molecule has 1 saturated carbocycles. The zero-order valence-electron chi connectivity index (χ0n) is 11.5. The summed E-state index contributed by atoms with van der Waals surface area (Å²) in [5, 5.41) is 19.7. The summed E-state index contributed by atoms with van der Waals surface area (Å²) in [6.07, 6.45) is 5.14. The Morgan fingerprint density at radius 2 is 2.35 bits per heavy atom. The molecule has 20 heavy (non-hydrogen) atoms. The van der Waals surface area contributed by atoms with Crippen LogP contribution in [0.2, 0.25) is 0 Å². The van der Waals surface area contributed by atoms with Crippen LogP contribution >= 0.6 is 0 Å². The summed E-state index contributed by atoms with van der Waals surface area (Å²) in [4.78, 5) is 11.9. The van der Waals surface area contributed by atoms with Gasteiger partial charge >= 0.3 is 0 Å². The number of amides is 1. The third-order valence-corrected chi connectivity index (χ3v) is 4.39. The van der Waals surface area contributed by atoms with Crippen molar-refractivity contribution in [2.24, 2.45) is 5.92 Å². The molecule has 1 aromatic rings. The second kappa shape index (κ2) is 5.93. The first-order valence-corrected chi connectivity index (χ1v) is 7.32. The maximum Gasteiger partial charge on any atom is 0.220 e. The van der Waals surface area contributed by atoms with Gasteiger partial charge in [0.25, 0.3) is 0 Å². The molecule has 1 amide bonds. The topological polar surface area (TPSA) is 87.4 Å². The van der Waals surface area contributed by atoms with E-state index in [1.165, 1.54) is 6.42 Å². The summed E-state index contributed by atoms with van der Waals surface area (Å²) in [6.45, 7) is 1.75. The molecule has 0 unspecified atom stereocenters. The predicted octanol–water partition coefficient (Wildman–Crippen LogP) is 0.529. The zero-order chi connectivity index (χ0) is 13.9. The highest BCUT2D eigenvalue weighted by molar-refractivity contribution is 5.76. The van der Waals surface area contributed by atoms with Crippen LogP contribution in [0.1, 0.15) is 42.9 Å². The van der Waals surface area contributed by atoms with Crippen LogP contribution < -0.4 is 10.6 Å². The van der Waals surface area contributed by atoms with Gasteiger partial charge in [0.1, 0.15) is 6.26 Å². The number of carbonyl (C=O) groups excluding carboxylic acids is 1. The number of nitrogens with one attached hydrogen (secondary N) is 2. The van der Waals surface area contributed by atoms with Gasteiger partial charge in [0.15, 0.2) is 0 Å². The first kappa shape index (κ1) is 13.6. The van der Waals surface area contributed by atoms with E-state index < -0.39 is 6.10 Å². The number of hydrogen-bond donors (Lipinski definition) is 3. The van der Waals surface area contributed by atoms with Gasteiger partial charge in [-0.3, -0.25) is 4.79 Å². The molecule has 2 aliphatic rings. The number of carbonyl (C=O) groups is 1. The van der Waals surface area contributed by atoms with Crippen LogP contribution in [0.3, 0.4) is 0 Å². The standard InChI is InChI=1S/C14H21N3O3/c18-12-7-15-5-10(12)4-13(19)16-6-11-8-20-17-14(11)9-2-1-3-9/h8-10,12,15,18H,1-7H2,(H,16,19)/t10-,12-/m1/s1. The van der Waals surface area contributed by atoms with Crippen LogP contribution in [0, 0.1) is 5.92 Å². The fourth-order valence-electron chi connectivity index (χ4n) is 2.85. The molecule has 0 aromatic carbocycles. The Kier molecular flexibility index (Phi) is 4.03. The monoisotopic (exact) mass is 279 g/mol. The summed E-state index contributed by atoms with van der Waals surface area (Å²) < 4.78 is 5.03. The van der Waals surface area contributed by atoms with Crippen molar-refractivity contribution in [2.75, 3.05) is 13.1 Å². The van der Waals surface area contributed by atoms with Crippen molar-refractivity contribution in [2.45, 2.75) is 44.2 Å². The smallest absolute Gasteiger partial charge is 0.220 e. The van der Waals surface area contributed by atoms with Gasteiger partial charge in [0.05, 0.1) is 11.8 Å². The molecule has 3 rings (SSSR count). The lowest BCUT2D eigenvalue weighted by Gasteiger charge is -2.23. The third-order valence-electron chi connectivity index (χ3n) is 4.39. The number of hydrogen-bond acceptors (Lipinski definition) is 5. The van der Waals surface area contributed by atoms with Gasteiger partial charge in [0, 0.05) is 43.5 Å². The minimum atomic E-state index is -0.415. The van der Waals surface area contributed by atoms with Crippen LogP contribution in [0.5, 0.6) is 0 Å². The summed E-state index contributed by atoms with van der Waals surface area (Å²) in [7, 11) is 0. The van der Waals surface area contributed by atoms with Gasteiger partial charge in [-0.1, -0.05) is 11.6 Å². The molecular weight excluding hydrogens is 258 g/mol. The molecule has 1 aliphatic carbocycles. The maximum absolute atomic E-state index is 11.9. The van der Waals surface area contributed by atoms with Gasteiger partial charge in [0.2, 0.25) is 5.91 Å². The molecule has 6 nitrogen and oxygen atoms in total. The zero-order valence-corrected chi connectivity index (χ0v) is 11.5. The van der Waals surface area contributed by atoms with E-state index in [2.05, 4.69) is 15.8 Å². The number of β-amino-alcohol motifs (C(OH)–C–C–N with tert-alkyl or cyclic N) is 1. The predicted molar refractivity (Wildman–Crippen MR) is 71.9 cm³/mol. The SMILES string of the molecule is O=C(C[C@@H]1CNC[C@H]1O)NCc1conc1C1CCC1. The molecule has 1 aromatic heterocycles. The number of aliphatic hydroxyl groups excluding tert-OH is 1. The first-order chi connectivity index (χ1) is 9.74. The molecule has 2 fully saturated rings. The first-order valence-electron chi connectivity index (χ1n) is 7.32. The van der Waals surface area contributed by atoms with Crippen molar-refractivity contribution < 1.29 is 14.4 Å². The molecule has 1 aliphatic heterocycles. The molecular formula is C14H21N3O3. The van der Waals surface area contributed by atoms with Crippen LogP contribution in [0.25, 0.3) is 0 Å². The van der Waals surface area contributed by atoms with Gasteiger partial charge in [-0.15, -0.1) is 0 Å². The van der Waals surface area contributed by atoms with E-state index in [1.54, 1.807) is 6.26 Å². The number of rotatable bonds is 5. The van der Waals surface area contributed by atoms with E-state index >= 15 is 0 Å². The van der Waals surface area contributed by atoms with Crippen molar-refractivity contribution >= 4 is 5.91 Å². The van der Waals surface area contributed by atoms with E-state index in [-0.39, 0.29) is 11.8 Å². The Hall–Kier alpha value is -1.40. The fraction of sp³-hybridized carbons (Fsp3) is 0.714. The Morgan fingerprint density at radius 1 is 1.50 bits per heavy atom. The van der Waals surface area contributed by atoms with Crippen LogP contribution in [-0.4, -0.2) is 35.4 Å². The molecule has 6 heteroatoms. The summed E-state index contributed by atoms with van der Waals surface area (Å²) in [5.41, 5.74) is 1.98. The number of nitrogens with zero attached hydrogens (tertiary/aromatic N) is 1. The highest BCUT2D eigenvalue weighted by Gasteiger charge is 2.28. The lowest BCUT2D eigenvalue weighted by atomic mass is 9.81. The Balaban J connectivity index is 1.49. The van der Waals surface area contributed by atoms with E-state index in [0.29, 0.717) is 32.0 Å². The molecule has 110 valence electrons. The maximum atomic E-state index is 11.9. The molecule has 0 spiro atoms. The number of aromatic nitrogens is 1. The van der Waals surface area contributed by atoms with Crippen molar-refractivity contribution in [3.8, 4) is 0 Å². The van der Waals surface area contributed by atoms with Crippen LogP contribution in [-0.2, 0) is 11.3 Å². The highest BCUT2D eigenvalue weighted by atomic mass is 16.5. The molecule has 2 heterocycles. The largest absolute Gasteiger partial charge is 0.391 e. The summed E-state index contributed by atoms with van der Waals surface area (Å²) in [6, 6.07) is 0. The van der Waals surface area contributed by atoms with Gasteiger partial charge in [-0.05, 0) is 12.8 Å². The molecule has 3 N–H and O–H groups in total. The fourth-order valence-corrected chi connectivity index (χ4v) is 2.85. The quantitative estimate of drug-likeness (QED) is 0.732. The van der Waals surface area contributed by atoms with E-state index in [1.807, 2.05) is 0 Å². The van der Waals surface area contributed by atoms with E-state index in [9.17, 15) is 9.90 Å². The third kappa shape index (κ3) is 2.86. The van der Waals surface area contributed by atoms with Crippen molar-refractivity contribution in [3.63, 3.8) is 0 Å². The minimum absolute atomic E-state index is 0.0172. The van der Waals surface area contributed by atoms with Gasteiger partial charge in [-0.2, -0.15) is 0 Å². The normalized spacial score (nSPS) is 26.4. The minimum Gasteiger partial charge on any atom is -0.391 e. The summed E-state index contributed by atoms with van der Waals surface area (Å²) in [5.74, 6) is 0.489. The average molecular weight is 279 g/mol. The molecule has 0 bridgehead atoms.